The van der Waals surface area contributed by atoms with Crippen molar-refractivity contribution in [3.05, 3.63) is 23.4 Å². The summed E-state index contributed by atoms with van der Waals surface area (Å²) in [7, 11) is 0. The Morgan fingerprint density at radius 3 is 2.33 bits per heavy atom. The lowest BCUT2D eigenvalue weighted by atomic mass is 9.90. The highest BCUT2D eigenvalue weighted by atomic mass is 15.2. The normalized spacial score (nSPS) is 12.0. The van der Waals surface area contributed by atoms with Gasteiger partial charge in [0.1, 0.15) is 5.82 Å². The molecule has 0 fully saturated rings. The highest BCUT2D eigenvalue weighted by Gasteiger charge is 2.20. The highest BCUT2D eigenvalue weighted by molar-refractivity contribution is 5.44. The third-order valence-electron chi connectivity index (χ3n) is 3.80. The Kier molecular flexibility index (Phi) is 6.66. The van der Waals surface area contributed by atoms with Crippen molar-refractivity contribution in [1.82, 2.24) is 4.98 Å². The fourth-order valence-electron chi connectivity index (χ4n) is 2.39. The Labute approximate surface area is 130 Å². The first-order valence-electron chi connectivity index (χ1n) is 8.27. The van der Waals surface area contributed by atoms with Crippen molar-refractivity contribution in [3.63, 3.8) is 0 Å². The number of unbranched alkanes of at least 4 members (excludes halogenated alkanes) is 2. The Balaban J connectivity index is 3.11. The first kappa shape index (κ1) is 18.0. The maximum Gasteiger partial charge on any atom is 0.129 e. The smallest absolute Gasteiger partial charge is 0.129 e. The second kappa shape index (κ2) is 7.79. The van der Waals surface area contributed by atoms with Gasteiger partial charge in [-0.1, -0.05) is 40.5 Å². The molecular formula is C18H33N3. The summed E-state index contributed by atoms with van der Waals surface area (Å²) < 4.78 is 0. The molecule has 3 nitrogen and oxygen atoms in total. The Morgan fingerprint density at radius 2 is 1.86 bits per heavy atom. The quantitative estimate of drug-likeness (QED) is 0.764. The molecule has 1 aromatic rings. The first-order valence-corrected chi connectivity index (χ1v) is 8.27. The number of hydrogen-bond acceptors (Lipinski definition) is 3. The van der Waals surface area contributed by atoms with Crippen LogP contribution in [0, 0.1) is 0 Å². The SMILES string of the molecule is CCCCCN(c1cc(CN)cc(C(C)(C)C)n1)C(C)C. The van der Waals surface area contributed by atoms with Crippen molar-refractivity contribution in [2.75, 3.05) is 11.4 Å². The van der Waals surface area contributed by atoms with E-state index in [1.54, 1.807) is 0 Å². The molecule has 0 aliphatic rings. The van der Waals surface area contributed by atoms with Crippen LogP contribution in [0.2, 0.25) is 0 Å². The molecule has 0 amide bonds. The summed E-state index contributed by atoms with van der Waals surface area (Å²) in [5.41, 5.74) is 8.23. The van der Waals surface area contributed by atoms with Crippen LogP contribution in [0.25, 0.3) is 0 Å². The predicted molar refractivity (Wildman–Crippen MR) is 92.8 cm³/mol. The molecule has 0 unspecified atom stereocenters. The molecule has 120 valence electrons. The summed E-state index contributed by atoms with van der Waals surface area (Å²) in [6, 6.07) is 4.75. The molecule has 0 radical (unpaired) electrons. The third kappa shape index (κ3) is 5.31. The van der Waals surface area contributed by atoms with Crippen LogP contribution in [-0.4, -0.2) is 17.6 Å². The van der Waals surface area contributed by atoms with E-state index in [-0.39, 0.29) is 5.41 Å². The predicted octanol–water partition coefficient (Wildman–Crippen LogP) is 4.24. The van der Waals surface area contributed by atoms with Gasteiger partial charge in [-0.25, -0.2) is 4.98 Å². The molecule has 21 heavy (non-hydrogen) atoms. The first-order chi connectivity index (χ1) is 9.79. The number of rotatable bonds is 7. The molecule has 0 aliphatic heterocycles. The lowest BCUT2D eigenvalue weighted by Crippen LogP contribution is -2.33. The minimum absolute atomic E-state index is 0.0476. The largest absolute Gasteiger partial charge is 0.354 e. The van der Waals surface area contributed by atoms with Crippen LogP contribution in [0.4, 0.5) is 5.82 Å². The fourth-order valence-corrected chi connectivity index (χ4v) is 2.39. The summed E-state index contributed by atoms with van der Waals surface area (Å²) in [6.45, 7) is 15.0. The molecule has 0 bridgehead atoms. The van der Waals surface area contributed by atoms with Gasteiger partial charge in [-0.15, -0.1) is 0 Å². The average molecular weight is 291 g/mol. The minimum Gasteiger partial charge on any atom is -0.354 e. The second-order valence-electron chi connectivity index (χ2n) is 7.17. The molecule has 0 aliphatic carbocycles. The van der Waals surface area contributed by atoms with Gasteiger partial charge in [-0.3, -0.25) is 0 Å². The van der Waals surface area contributed by atoms with Crippen molar-refractivity contribution in [2.24, 2.45) is 5.73 Å². The third-order valence-corrected chi connectivity index (χ3v) is 3.80. The van der Waals surface area contributed by atoms with Gasteiger partial charge in [0.25, 0.3) is 0 Å². The van der Waals surface area contributed by atoms with Crippen molar-refractivity contribution >= 4 is 5.82 Å². The van der Waals surface area contributed by atoms with E-state index in [2.05, 4.69) is 58.6 Å². The molecule has 0 saturated carbocycles. The van der Waals surface area contributed by atoms with Gasteiger partial charge >= 0.3 is 0 Å². The van der Waals surface area contributed by atoms with Gasteiger partial charge in [-0.05, 0) is 38.0 Å². The van der Waals surface area contributed by atoms with E-state index in [1.807, 2.05) is 0 Å². The van der Waals surface area contributed by atoms with Gasteiger partial charge in [0.15, 0.2) is 0 Å². The van der Waals surface area contributed by atoms with Crippen molar-refractivity contribution < 1.29 is 0 Å². The molecule has 0 aromatic carbocycles. The summed E-state index contributed by atoms with van der Waals surface area (Å²) in [6.07, 6.45) is 3.73. The Hall–Kier alpha value is -1.09. The van der Waals surface area contributed by atoms with Crippen LogP contribution >= 0.6 is 0 Å². The number of anilines is 1. The van der Waals surface area contributed by atoms with Crippen LogP contribution in [0.1, 0.15) is 72.1 Å². The van der Waals surface area contributed by atoms with Gasteiger partial charge in [0.2, 0.25) is 0 Å². The zero-order valence-electron chi connectivity index (χ0n) is 14.7. The monoisotopic (exact) mass is 291 g/mol. The zero-order valence-corrected chi connectivity index (χ0v) is 14.7. The summed E-state index contributed by atoms with van der Waals surface area (Å²) in [5, 5.41) is 0. The number of nitrogens with zero attached hydrogens (tertiary/aromatic N) is 2. The summed E-state index contributed by atoms with van der Waals surface area (Å²) in [5.74, 6) is 1.08. The number of pyridine rings is 1. The molecule has 2 N–H and O–H groups in total. The van der Waals surface area contributed by atoms with E-state index >= 15 is 0 Å². The molecule has 0 spiro atoms. The van der Waals surface area contributed by atoms with Gasteiger partial charge in [-0.2, -0.15) is 0 Å². The standard InChI is InChI=1S/C18H33N3/c1-7-8-9-10-21(14(2)3)17-12-15(13-19)11-16(20-17)18(4,5)6/h11-12,14H,7-10,13,19H2,1-6H3. The molecule has 1 rings (SSSR count). The van der Waals surface area contributed by atoms with E-state index in [9.17, 15) is 0 Å². The Bertz CT molecular complexity index is 433. The molecule has 1 heterocycles. The maximum absolute atomic E-state index is 5.88. The van der Waals surface area contributed by atoms with Crippen molar-refractivity contribution in [1.29, 1.82) is 0 Å². The highest BCUT2D eigenvalue weighted by Crippen LogP contribution is 2.26. The van der Waals surface area contributed by atoms with Crippen LogP contribution in [0.3, 0.4) is 0 Å². The number of aromatic nitrogens is 1. The average Bonchev–Trinajstić information content (AvgIpc) is 2.41. The Morgan fingerprint density at radius 1 is 1.19 bits per heavy atom. The maximum atomic E-state index is 5.88. The van der Waals surface area contributed by atoms with Crippen LogP contribution in [0.15, 0.2) is 12.1 Å². The summed E-state index contributed by atoms with van der Waals surface area (Å²) >= 11 is 0. The van der Waals surface area contributed by atoms with Crippen molar-refractivity contribution in [3.8, 4) is 0 Å². The zero-order chi connectivity index (χ0) is 16.0. The molecule has 3 heteroatoms. The molecule has 0 atom stereocenters. The van der Waals surface area contributed by atoms with Crippen LogP contribution in [-0.2, 0) is 12.0 Å². The molecule has 1 aromatic heterocycles. The van der Waals surface area contributed by atoms with Gasteiger partial charge in [0.05, 0.1) is 0 Å². The van der Waals surface area contributed by atoms with E-state index in [1.165, 1.54) is 24.8 Å². The van der Waals surface area contributed by atoms with Crippen LogP contribution in [0.5, 0.6) is 0 Å². The second-order valence-corrected chi connectivity index (χ2v) is 7.17. The van der Waals surface area contributed by atoms with Crippen LogP contribution < -0.4 is 10.6 Å². The molecule has 0 saturated heterocycles. The summed E-state index contributed by atoms with van der Waals surface area (Å²) in [4.78, 5) is 7.33. The van der Waals surface area contributed by atoms with E-state index < -0.39 is 0 Å². The fraction of sp³-hybridized carbons (Fsp3) is 0.722. The lowest BCUT2D eigenvalue weighted by molar-refractivity contribution is 0.561. The van der Waals surface area contributed by atoms with E-state index in [4.69, 9.17) is 10.7 Å². The number of hydrogen-bond donors (Lipinski definition) is 1. The lowest BCUT2D eigenvalue weighted by Gasteiger charge is -2.30. The van der Waals surface area contributed by atoms with Gasteiger partial charge in [0, 0.05) is 30.2 Å². The van der Waals surface area contributed by atoms with Gasteiger partial charge < -0.3 is 10.6 Å². The topological polar surface area (TPSA) is 42.1 Å². The van der Waals surface area contributed by atoms with E-state index in [0.29, 0.717) is 12.6 Å². The molecular weight excluding hydrogens is 258 g/mol. The number of nitrogens with two attached hydrogens (primary N) is 1. The van der Waals surface area contributed by atoms with E-state index in [0.717, 1.165) is 18.1 Å². The van der Waals surface area contributed by atoms with Crippen molar-refractivity contribution in [2.45, 2.75) is 78.8 Å². The minimum atomic E-state index is 0.0476.